The lowest BCUT2D eigenvalue weighted by Crippen LogP contribution is -2.56. The first-order chi connectivity index (χ1) is 25.0. The van der Waals surface area contributed by atoms with Crippen LogP contribution in [0.5, 0.6) is 0 Å². The van der Waals surface area contributed by atoms with Gasteiger partial charge in [0, 0.05) is 60.8 Å². The van der Waals surface area contributed by atoms with Gasteiger partial charge in [0.2, 0.25) is 0 Å². The summed E-state index contributed by atoms with van der Waals surface area (Å²) in [6.45, 7) is 1.57. The average Bonchev–Trinajstić information content (AvgIpc) is 3.65. The highest BCUT2D eigenvalue weighted by Crippen LogP contribution is 3.02. The lowest BCUT2D eigenvalue weighted by atomic mass is 9.87. The van der Waals surface area contributed by atoms with E-state index in [0.29, 0.717) is 17.0 Å². The highest BCUT2D eigenvalue weighted by atomic mass is 32.5. The Morgan fingerprint density at radius 3 is 1.96 bits per heavy atom. The molecule has 6 rings (SSSR count). The van der Waals surface area contributed by atoms with Crippen LogP contribution >= 0.6 is 10.2 Å². The van der Waals surface area contributed by atoms with E-state index in [9.17, 15) is 55.7 Å². The van der Waals surface area contributed by atoms with Crippen molar-refractivity contribution in [3.63, 3.8) is 0 Å². The number of pyridine rings is 1. The van der Waals surface area contributed by atoms with E-state index in [2.05, 4.69) is 20.7 Å². The van der Waals surface area contributed by atoms with Crippen molar-refractivity contribution in [1.82, 2.24) is 24.5 Å². The average molecular weight is 819 g/mol. The molecule has 12 nitrogen and oxygen atoms in total. The lowest BCUT2D eigenvalue weighted by molar-refractivity contribution is -0.193. The SMILES string of the molecule is Cc1ccc(NC(=O)c2cc(C3(O)CNC3)cc(S(F)(F)(F)(F)F)c2)cc1-n1ccn2nc(-c3cccnc3)cc12.O=C(O)C(F)(F)F.O=C(O)C(F)(F)F. The van der Waals surface area contributed by atoms with Crippen molar-refractivity contribution in [3.8, 4) is 16.9 Å². The predicted octanol–water partition coefficient (Wildman–Crippen LogP) is 7.46. The molecule has 3 aromatic heterocycles. The van der Waals surface area contributed by atoms with Crippen molar-refractivity contribution < 1.29 is 75.5 Å². The number of halogens is 11. The number of alkyl halides is 6. The second-order valence-electron chi connectivity index (χ2n) is 11.7. The normalized spacial score (nSPS) is 15.2. The van der Waals surface area contributed by atoms with Crippen molar-refractivity contribution in [2.45, 2.75) is 29.8 Å². The highest BCUT2D eigenvalue weighted by molar-refractivity contribution is 8.45. The Bertz CT molecular complexity index is 2230. The van der Waals surface area contributed by atoms with Crippen LogP contribution in [0.2, 0.25) is 0 Å². The van der Waals surface area contributed by atoms with Crippen molar-refractivity contribution in [2.24, 2.45) is 0 Å². The van der Waals surface area contributed by atoms with E-state index in [1.54, 1.807) is 53.6 Å². The van der Waals surface area contributed by atoms with Crippen LogP contribution in [0.25, 0.3) is 22.6 Å². The number of rotatable bonds is 6. The number of aryl methyl sites for hydroxylation is 1. The third kappa shape index (κ3) is 10.3. The number of aliphatic carboxylic acids is 2. The summed E-state index contributed by atoms with van der Waals surface area (Å²) in [5, 5.41) is 34.6. The third-order valence-corrected chi connectivity index (χ3v) is 8.60. The van der Waals surface area contributed by atoms with Gasteiger partial charge in [-0.05, 0) is 60.5 Å². The number of β-amino-alcohol motifs (C(OH)–C–C–N with tert-alkyl or cyclic N) is 1. The van der Waals surface area contributed by atoms with Gasteiger partial charge in [0.15, 0.2) is 0 Å². The van der Waals surface area contributed by atoms with Crippen LogP contribution in [0, 0.1) is 6.92 Å². The Morgan fingerprint density at radius 2 is 1.47 bits per heavy atom. The van der Waals surface area contributed by atoms with Gasteiger partial charge in [-0.2, -0.15) is 31.4 Å². The van der Waals surface area contributed by atoms with E-state index in [1.165, 1.54) is 0 Å². The smallest absolute Gasteiger partial charge is 0.475 e. The minimum Gasteiger partial charge on any atom is -0.475 e. The fourth-order valence-electron chi connectivity index (χ4n) is 4.68. The summed E-state index contributed by atoms with van der Waals surface area (Å²) < 4.78 is 136. The van der Waals surface area contributed by atoms with Crippen LogP contribution in [-0.4, -0.2) is 77.8 Å². The number of hydrogen-bond donors (Lipinski definition) is 5. The molecule has 298 valence electrons. The number of benzene rings is 2. The van der Waals surface area contributed by atoms with Crippen LogP contribution in [0.4, 0.5) is 51.5 Å². The molecule has 0 aliphatic carbocycles. The maximum Gasteiger partial charge on any atom is 0.490 e. The molecule has 1 aliphatic rings. The van der Waals surface area contributed by atoms with E-state index in [1.807, 2.05) is 23.6 Å². The topological polar surface area (TPSA) is 171 Å². The summed E-state index contributed by atoms with van der Waals surface area (Å²) in [6.07, 6.45) is -3.32. The maximum atomic E-state index is 13.8. The first-order valence-corrected chi connectivity index (χ1v) is 16.8. The molecule has 5 N–H and O–H groups in total. The molecule has 4 heterocycles. The first kappa shape index (κ1) is 42.0. The Kier molecular flexibility index (Phi) is 10.6. The molecular weight excluding hydrogens is 793 g/mol. The zero-order chi connectivity index (χ0) is 41.4. The van der Waals surface area contributed by atoms with Crippen LogP contribution in [0.3, 0.4) is 0 Å². The fraction of sp³-hybridized carbons (Fsp3) is 0.194. The number of carbonyl (C=O) groups is 3. The molecule has 55 heavy (non-hydrogen) atoms. The number of carboxylic acid groups (broad SMARTS) is 2. The molecule has 1 fully saturated rings. The third-order valence-electron chi connectivity index (χ3n) is 7.48. The standard InChI is InChI=1S/C27H23F5N6O2S.2C2HF3O2/c1-17-4-5-21(12-24(17)37-7-8-38-25(37)13-23(36-38)18-3-2-6-33-14-18)35-26(39)19-9-20(27(40)15-34-16-27)11-22(10-19)41(28,29,30,31)32;2*3-2(4,5)1(6)7/h2-14,34,40H,15-16H2,1H3,(H,35,39);2*(H,6,7). The largest absolute Gasteiger partial charge is 0.490 e. The Balaban J connectivity index is 0.000000410. The molecule has 0 atom stereocenters. The second kappa shape index (κ2) is 13.8. The zero-order valence-corrected chi connectivity index (χ0v) is 28.2. The lowest BCUT2D eigenvalue weighted by Gasteiger charge is -2.43. The molecule has 5 aromatic rings. The summed E-state index contributed by atoms with van der Waals surface area (Å²) in [5.74, 6) is -6.55. The summed E-state index contributed by atoms with van der Waals surface area (Å²) in [4.78, 5) is 32.8. The van der Waals surface area contributed by atoms with Crippen molar-refractivity contribution >= 4 is 39.4 Å². The molecule has 2 aromatic carbocycles. The Labute approximate surface area is 300 Å². The molecular formula is C31H25F11N6O6S. The van der Waals surface area contributed by atoms with Gasteiger partial charge < -0.3 is 26.0 Å². The Hall–Kier alpha value is -5.75. The number of nitrogens with one attached hydrogen (secondary N) is 2. The van der Waals surface area contributed by atoms with Crippen LogP contribution in [0.1, 0.15) is 21.5 Å². The summed E-state index contributed by atoms with van der Waals surface area (Å²) in [5.41, 5.74) is 1.00. The fourth-order valence-corrected chi connectivity index (χ4v) is 5.38. The van der Waals surface area contributed by atoms with Gasteiger partial charge in [-0.25, -0.2) is 14.1 Å². The molecule has 1 saturated heterocycles. The predicted molar refractivity (Wildman–Crippen MR) is 172 cm³/mol. The molecule has 0 bridgehead atoms. The number of fused-ring (bicyclic) bond motifs is 1. The van der Waals surface area contributed by atoms with Gasteiger partial charge in [0.25, 0.3) is 5.91 Å². The van der Waals surface area contributed by atoms with E-state index >= 15 is 0 Å². The number of carboxylic acids is 2. The minimum atomic E-state index is -10.2. The van der Waals surface area contributed by atoms with E-state index < -0.39 is 62.0 Å². The van der Waals surface area contributed by atoms with Crippen LogP contribution in [-0.2, 0) is 15.2 Å². The quantitative estimate of drug-likeness (QED) is 0.109. The molecule has 1 amide bonds. The summed E-state index contributed by atoms with van der Waals surface area (Å²) in [6, 6.07) is 11.7. The van der Waals surface area contributed by atoms with E-state index in [4.69, 9.17) is 19.8 Å². The molecule has 1 aliphatic heterocycles. The molecule has 0 radical (unpaired) electrons. The van der Waals surface area contributed by atoms with Gasteiger partial charge >= 0.3 is 34.5 Å². The number of amides is 1. The van der Waals surface area contributed by atoms with Gasteiger partial charge in [0.1, 0.15) is 16.1 Å². The molecule has 0 unspecified atom stereocenters. The number of aliphatic hydroxyl groups is 1. The number of aromatic nitrogens is 4. The van der Waals surface area contributed by atoms with Gasteiger partial charge in [0.05, 0.1) is 11.4 Å². The monoisotopic (exact) mass is 818 g/mol. The number of imidazole rings is 1. The van der Waals surface area contributed by atoms with Crippen molar-refractivity contribution in [1.29, 1.82) is 0 Å². The van der Waals surface area contributed by atoms with Gasteiger partial charge in [-0.1, -0.05) is 25.5 Å². The number of hydrogen-bond acceptors (Lipinski definition) is 7. The highest BCUT2D eigenvalue weighted by Gasteiger charge is 2.66. The minimum absolute atomic E-state index is 0.118. The van der Waals surface area contributed by atoms with Crippen LogP contribution < -0.4 is 10.6 Å². The van der Waals surface area contributed by atoms with E-state index in [0.717, 1.165) is 17.2 Å². The van der Waals surface area contributed by atoms with Gasteiger partial charge in [-0.15, -0.1) is 0 Å². The first-order valence-electron chi connectivity index (χ1n) is 14.8. The second-order valence-corrected chi connectivity index (χ2v) is 14.1. The van der Waals surface area contributed by atoms with Crippen LogP contribution in [0.15, 0.2) is 84.3 Å². The molecule has 24 heteroatoms. The molecule has 0 saturated carbocycles. The summed E-state index contributed by atoms with van der Waals surface area (Å²) >= 11 is 0. The number of anilines is 1. The van der Waals surface area contributed by atoms with Gasteiger partial charge in [-0.3, -0.25) is 14.3 Å². The maximum absolute atomic E-state index is 13.8. The molecule has 0 spiro atoms. The summed E-state index contributed by atoms with van der Waals surface area (Å²) in [7, 11) is -10.2. The number of carbonyl (C=O) groups excluding carboxylic acids is 1. The van der Waals surface area contributed by atoms with Crippen molar-refractivity contribution in [2.75, 3.05) is 18.4 Å². The Morgan fingerprint density at radius 1 is 0.873 bits per heavy atom. The van der Waals surface area contributed by atoms with E-state index in [-0.39, 0.29) is 30.9 Å². The number of nitrogens with zero attached hydrogens (tertiary/aromatic N) is 4. The zero-order valence-electron chi connectivity index (χ0n) is 27.3. The van der Waals surface area contributed by atoms with Crippen molar-refractivity contribution in [3.05, 3.63) is 96.1 Å².